The van der Waals surface area contributed by atoms with E-state index in [0.717, 1.165) is 18.7 Å². The molecule has 0 bridgehead atoms. The molecule has 2 amide bonds. The zero-order chi connectivity index (χ0) is 14.8. The highest BCUT2D eigenvalue weighted by Gasteiger charge is 2.04. The maximum absolute atomic E-state index is 11.8. The Kier molecular flexibility index (Phi) is 7.17. The van der Waals surface area contributed by atoms with E-state index in [4.69, 9.17) is 0 Å². The summed E-state index contributed by atoms with van der Waals surface area (Å²) in [7, 11) is 0. The van der Waals surface area contributed by atoms with E-state index in [1.54, 1.807) is 19.1 Å². The first-order valence-corrected chi connectivity index (χ1v) is 7.06. The van der Waals surface area contributed by atoms with Gasteiger partial charge in [0.25, 0.3) is 5.91 Å². The standard InChI is InChI=1S/C15H23N3O2/c1-3-9-16-13-7-5-12(6-8-13)15(20)18-11-10-17-14(19)4-2/h5-8,16H,3-4,9-11H2,1-2H3,(H,17,19)(H,18,20). The number of carbonyl (C=O) groups excluding carboxylic acids is 2. The van der Waals surface area contributed by atoms with E-state index < -0.39 is 0 Å². The van der Waals surface area contributed by atoms with Gasteiger partial charge in [0.2, 0.25) is 5.91 Å². The number of nitrogens with one attached hydrogen (secondary N) is 3. The second-order valence-electron chi connectivity index (χ2n) is 4.46. The molecule has 0 radical (unpaired) electrons. The van der Waals surface area contributed by atoms with Gasteiger partial charge in [-0.05, 0) is 30.7 Å². The molecule has 20 heavy (non-hydrogen) atoms. The molecule has 0 atom stereocenters. The van der Waals surface area contributed by atoms with Crippen LogP contribution in [0.4, 0.5) is 5.69 Å². The van der Waals surface area contributed by atoms with Gasteiger partial charge in [-0.15, -0.1) is 0 Å². The molecule has 0 saturated heterocycles. The van der Waals surface area contributed by atoms with Crippen LogP contribution in [0.5, 0.6) is 0 Å². The second-order valence-corrected chi connectivity index (χ2v) is 4.46. The van der Waals surface area contributed by atoms with Crippen molar-refractivity contribution >= 4 is 17.5 Å². The maximum atomic E-state index is 11.8. The van der Waals surface area contributed by atoms with Crippen molar-refractivity contribution in [3.8, 4) is 0 Å². The average molecular weight is 277 g/mol. The Morgan fingerprint density at radius 1 is 0.950 bits per heavy atom. The molecule has 5 nitrogen and oxygen atoms in total. The molecular formula is C15H23N3O2. The number of amides is 2. The van der Waals surface area contributed by atoms with Gasteiger partial charge >= 0.3 is 0 Å². The molecule has 5 heteroatoms. The van der Waals surface area contributed by atoms with Crippen molar-refractivity contribution < 1.29 is 9.59 Å². The molecule has 0 heterocycles. The highest BCUT2D eigenvalue weighted by molar-refractivity contribution is 5.94. The van der Waals surface area contributed by atoms with E-state index in [1.807, 2.05) is 12.1 Å². The van der Waals surface area contributed by atoms with Crippen LogP contribution >= 0.6 is 0 Å². The fraction of sp³-hybridized carbons (Fsp3) is 0.467. The lowest BCUT2D eigenvalue weighted by Gasteiger charge is -2.08. The van der Waals surface area contributed by atoms with Gasteiger partial charge in [-0.2, -0.15) is 0 Å². The summed E-state index contributed by atoms with van der Waals surface area (Å²) in [6.45, 7) is 5.70. The second kappa shape index (κ2) is 8.96. The van der Waals surface area contributed by atoms with E-state index in [0.29, 0.717) is 25.1 Å². The molecule has 0 aliphatic rings. The predicted octanol–water partition coefficient (Wildman–Crippen LogP) is 1.76. The molecule has 1 aromatic rings. The first-order chi connectivity index (χ1) is 9.67. The van der Waals surface area contributed by atoms with E-state index in [1.165, 1.54) is 0 Å². The van der Waals surface area contributed by atoms with Crippen molar-refractivity contribution in [2.24, 2.45) is 0 Å². The topological polar surface area (TPSA) is 70.2 Å². The van der Waals surface area contributed by atoms with E-state index in [-0.39, 0.29) is 11.8 Å². The minimum Gasteiger partial charge on any atom is -0.385 e. The molecule has 3 N–H and O–H groups in total. The number of hydrogen-bond acceptors (Lipinski definition) is 3. The summed E-state index contributed by atoms with van der Waals surface area (Å²) in [5.74, 6) is -0.136. The lowest BCUT2D eigenvalue weighted by atomic mass is 10.2. The smallest absolute Gasteiger partial charge is 0.251 e. The summed E-state index contributed by atoms with van der Waals surface area (Å²) in [6.07, 6.45) is 1.52. The van der Waals surface area contributed by atoms with E-state index >= 15 is 0 Å². The van der Waals surface area contributed by atoms with Crippen molar-refractivity contribution in [3.63, 3.8) is 0 Å². The Balaban J connectivity index is 2.34. The summed E-state index contributed by atoms with van der Waals surface area (Å²) < 4.78 is 0. The van der Waals surface area contributed by atoms with Crippen LogP contribution in [0.15, 0.2) is 24.3 Å². The number of benzene rings is 1. The van der Waals surface area contributed by atoms with Crippen LogP contribution in [0, 0.1) is 0 Å². The minimum atomic E-state index is -0.127. The van der Waals surface area contributed by atoms with Crippen molar-refractivity contribution in [1.29, 1.82) is 0 Å². The Bertz CT molecular complexity index is 429. The Labute approximate surface area is 120 Å². The Morgan fingerprint density at radius 2 is 1.60 bits per heavy atom. The highest BCUT2D eigenvalue weighted by atomic mass is 16.2. The number of hydrogen-bond donors (Lipinski definition) is 3. The van der Waals surface area contributed by atoms with Gasteiger partial charge in [-0.25, -0.2) is 0 Å². The van der Waals surface area contributed by atoms with Crippen LogP contribution in [-0.4, -0.2) is 31.4 Å². The molecule has 0 spiro atoms. The Hall–Kier alpha value is -2.04. The average Bonchev–Trinajstić information content (AvgIpc) is 2.49. The van der Waals surface area contributed by atoms with Crippen LogP contribution in [-0.2, 0) is 4.79 Å². The largest absolute Gasteiger partial charge is 0.385 e. The lowest BCUT2D eigenvalue weighted by Crippen LogP contribution is -2.34. The van der Waals surface area contributed by atoms with Gasteiger partial charge in [0.1, 0.15) is 0 Å². The third-order valence-electron chi connectivity index (χ3n) is 2.78. The number of rotatable bonds is 8. The molecule has 0 unspecified atom stereocenters. The summed E-state index contributed by atoms with van der Waals surface area (Å²) in [5.41, 5.74) is 1.63. The van der Waals surface area contributed by atoms with Crippen LogP contribution in [0.1, 0.15) is 37.0 Å². The minimum absolute atomic E-state index is 0.00870. The summed E-state index contributed by atoms with van der Waals surface area (Å²) >= 11 is 0. The van der Waals surface area contributed by atoms with E-state index in [9.17, 15) is 9.59 Å². The summed E-state index contributed by atoms with van der Waals surface area (Å²) in [6, 6.07) is 7.36. The van der Waals surface area contributed by atoms with Crippen LogP contribution in [0.3, 0.4) is 0 Å². The normalized spacial score (nSPS) is 9.90. The van der Waals surface area contributed by atoms with Gasteiger partial charge in [0, 0.05) is 37.3 Å². The zero-order valence-electron chi connectivity index (χ0n) is 12.2. The van der Waals surface area contributed by atoms with Crippen molar-refractivity contribution in [3.05, 3.63) is 29.8 Å². The Morgan fingerprint density at radius 3 is 2.20 bits per heavy atom. The number of anilines is 1. The monoisotopic (exact) mass is 277 g/mol. The van der Waals surface area contributed by atoms with Crippen LogP contribution < -0.4 is 16.0 Å². The van der Waals surface area contributed by atoms with Gasteiger partial charge in [0.15, 0.2) is 0 Å². The maximum Gasteiger partial charge on any atom is 0.251 e. The molecular weight excluding hydrogens is 254 g/mol. The molecule has 0 aliphatic heterocycles. The van der Waals surface area contributed by atoms with Crippen LogP contribution in [0.2, 0.25) is 0 Å². The fourth-order valence-corrected chi connectivity index (χ4v) is 1.61. The molecule has 0 saturated carbocycles. The van der Waals surface area contributed by atoms with Gasteiger partial charge in [0.05, 0.1) is 0 Å². The first kappa shape index (κ1) is 16.0. The quantitative estimate of drug-likeness (QED) is 0.634. The van der Waals surface area contributed by atoms with Gasteiger partial charge < -0.3 is 16.0 Å². The van der Waals surface area contributed by atoms with E-state index in [2.05, 4.69) is 22.9 Å². The number of carbonyl (C=O) groups is 2. The van der Waals surface area contributed by atoms with Gasteiger partial charge in [-0.3, -0.25) is 9.59 Å². The molecule has 1 rings (SSSR count). The molecule has 0 aromatic heterocycles. The SMILES string of the molecule is CCCNc1ccc(C(=O)NCCNC(=O)CC)cc1. The van der Waals surface area contributed by atoms with Crippen LogP contribution in [0.25, 0.3) is 0 Å². The molecule has 110 valence electrons. The third-order valence-corrected chi connectivity index (χ3v) is 2.78. The fourth-order valence-electron chi connectivity index (χ4n) is 1.61. The summed E-state index contributed by atoms with van der Waals surface area (Å²) in [5, 5.41) is 8.73. The van der Waals surface area contributed by atoms with Crippen molar-refractivity contribution in [2.75, 3.05) is 25.0 Å². The first-order valence-electron chi connectivity index (χ1n) is 7.06. The summed E-state index contributed by atoms with van der Waals surface area (Å²) in [4.78, 5) is 22.9. The molecule has 1 aromatic carbocycles. The highest BCUT2D eigenvalue weighted by Crippen LogP contribution is 2.09. The zero-order valence-corrected chi connectivity index (χ0v) is 12.2. The lowest BCUT2D eigenvalue weighted by molar-refractivity contribution is -0.120. The molecule has 0 aliphatic carbocycles. The van der Waals surface area contributed by atoms with Crippen molar-refractivity contribution in [1.82, 2.24) is 10.6 Å². The predicted molar refractivity (Wildman–Crippen MR) is 80.9 cm³/mol. The third kappa shape index (κ3) is 5.73. The van der Waals surface area contributed by atoms with Gasteiger partial charge in [-0.1, -0.05) is 13.8 Å². The molecule has 0 fully saturated rings. The van der Waals surface area contributed by atoms with Crippen molar-refractivity contribution in [2.45, 2.75) is 26.7 Å².